The number of hydrogen-bond donors (Lipinski definition) is 0. The monoisotopic (exact) mass is 468 g/mol. The van der Waals surface area contributed by atoms with Crippen LogP contribution in [0.3, 0.4) is 0 Å². The molecule has 0 atom stereocenters. The summed E-state index contributed by atoms with van der Waals surface area (Å²) in [6.45, 7) is 6.43. The van der Waals surface area contributed by atoms with Crippen LogP contribution >= 0.6 is 0 Å². The summed E-state index contributed by atoms with van der Waals surface area (Å²) >= 11 is 0. The zero-order valence-corrected chi connectivity index (χ0v) is 13.4. The Bertz CT molecular complexity index is 124. The second kappa shape index (κ2) is 12.6. The van der Waals surface area contributed by atoms with Gasteiger partial charge in [0.05, 0.1) is 0 Å². The SMILES string of the molecule is C[C-]1CCCCN(C)CCCOC1.[CH3-].[Li].[Lr]. The average Bonchev–Trinajstić information content (AvgIpc) is 2.14. The Hall–Kier alpha value is -0.483. The third kappa shape index (κ3) is 10.0. The molecule has 1 aliphatic heterocycles. The Balaban J connectivity index is -0.000000563. The van der Waals surface area contributed by atoms with Crippen LogP contribution < -0.4 is 0 Å². The molecular formula is C12H25LiLrNO-2. The van der Waals surface area contributed by atoms with Gasteiger partial charge < -0.3 is 17.1 Å². The number of ether oxygens (including phenoxy) is 1. The summed E-state index contributed by atoms with van der Waals surface area (Å²) in [5.41, 5.74) is 0. The van der Waals surface area contributed by atoms with Gasteiger partial charge in [0.2, 0.25) is 0 Å². The van der Waals surface area contributed by atoms with E-state index >= 15 is 0 Å². The van der Waals surface area contributed by atoms with Crippen LogP contribution in [0.2, 0.25) is 0 Å². The molecule has 1 saturated heterocycles. The Morgan fingerprint density at radius 2 is 1.75 bits per heavy atom. The molecule has 2 radical (unpaired) electrons. The molecule has 0 aromatic carbocycles. The summed E-state index contributed by atoms with van der Waals surface area (Å²) in [6.07, 6.45) is 5.06. The molecule has 2 nitrogen and oxygen atoms in total. The van der Waals surface area contributed by atoms with Crippen LogP contribution in [0.5, 0.6) is 0 Å². The van der Waals surface area contributed by atoms with E-state index < -0.39 is 0 Å². The normalized spacial score (nSPS) is 20.6. The summed E-state index contributed by atoms with van der Waals surface area (Å²) in [7, 11) is 2.20. The minimum Gasteiger partial charge on any atom is -0.413 e. The van der Waals surface area contributed by atoms with Crippen LogP contribution in [0.1, 0.15) is 32.6 Å². The van der Waals surface area contributed by atoms with Gasteiger partial charge in [-0.25, -0.2) is 0 Å². The van der Waals surface area contributed by atoms with E-state index in [-0.39, 0.29) is 26.3 Å². The first-order valence-electron chi connectivity index (χ1n) is 5.36. The first kappa shape index (κ1) is 20.9. The molecule has 0 aliphatic carbocycles. The van der Waals surface area contributed by atoms with Crippen molar-refractivity contribution in [1.82, 2.24) is 4.90 Å². The van der Waals surface area contributed by atoms with E-state index in [1.165, 1.54) is 44.7 Å². The molecule has 0 N–H and O–H groups in total. The largest absolute Gasteiger partial charge is 0.413 e. The molecule has 0 unspecified atom stereocenters. The van der Waals surface area contributed by atoms with Crippen LogP contribution in [-0.2, 0) is 4.74 Å². The summed E-state index contributed by atoms with van der Waals surface area (Å²) in [4.78, 5) is 2.41. The Morgan fingerprint density at radius 3 is 2.44 bits per heavy atom. The van der Waals surface area contributed by atoms with Crippen molar-refractivity contribution in [1.29, 1.82) is 0 Å². The van der Waals surface area contributed by atoms with Crippen molar-refractivity contribution in [2.24, 2.45) is 0 Å². The molecule has 0 aromatic rings. The topological polar surface area (TPSA) is 12.5 Å². The molecule has 1 aliphatic rings. The molecule has 0 aromatic heterocycles. The number of hydrogen-bond acceptors (Lipinski definition) is 2. The molecular weight excluding hydrogens is 443 g/mol. The van der Waals surface area contributed by atoms with E-state index in [9.17, 15) is 0 Å². The van der Waals surface area contributed by atoms with Gasteiger partial charge in [-0.1, -0.05) is 13.0 Å². The molecule has 1 fully saturated rings. The van der Waals surface area contributed by atoms with Gasteiger partial charge in [0.1, 0.15) is 0 Å². The van der Waals surface area contributed by atoms with E-state index in [2.05, 4.69) is 18.9 Å². The maximum Gasteiger partial charge on any atom is 0.0442 e. The molecule has 0 spiro atoms. The molecule has 0 amide bonds. The Labute approximate surface area is 108 Å². The quantitative estimate of drug-likeness (QED) is 0.400. The number of nitrogens with zero attached hydrogens (tertiary/aromatic N) is 1. The van der Waals surface area contributed by atoms with Crippen molar-refractivity contribution in [3.63, 3.8) is 0 Å². The summed E-state index contributed by atoms with van der Waals surface area (Å²) in [5, 5.41) is 0. The summed E-state index contributed by atoms with van der Waals surface area (Å²) in [6, 6.07) is 0. The van der Waals surface area contributed by atoms with Crippen molar-refractivity contribution in [3.8, 4) is 0 Å². The molecule has 102 valence electrons. The second-order valence-corrected chi connectivity index (χ2v) is 4.12. The van der Waals surface area contributed by atoms with Crippen molar-refractivity contribution in [3.05, 3.63) is 13.3 Å². The van der Waals surface area contributed by atoms with Gasteiger partial charge >= 0.3 is 0 Å². The minimum absolute atomic E-state index is 0. The molecule has 1 rings (SSSR count). The molecule has 1 heterocycles. The van der Waals surface area contributed by atoms with Crippen LogP contribution in [0.25, 0.3) is 0 Å². The average molecular weight is 468 g/mol. The molecule has 16 heavy (non-hydrogen) atoms. The third-order valence-corrected chi connectivity index (χ3v) is 2.57. The predicted octanol–water partition coefficient (Wildman–Crippen LogP) is 2.17. The van der Waals surface area contributed by atoms with E-state index in [0.717, 1.165) is 13.2 Å². The van der Waals surface area contributed by atoms with Gasteiger partial charge in [-0.15, -0.1) is 0 Å². The maximum atomic E-state index is 5.56. The van der Waals surface area contributed by atoms with Crippen molar-refractivity contribution >= 4 is 18.9 Å². The predicted molar refractivity (Wildman–Crippen MR) is 67.9 cm³/mol. The fraction of sp³-hybridized carbons (Fsp3) is 0.833. The third-order valence-electron chi connectivity index (χ3n) is 2.57. The summed E-state index contributed by atoms with van der Waals surface area (Å²) < 4.78 is 5.56. The van der Waals surface area contributed by atoms with Crippen molar-refractivity contribution < 1.29 is 4.74 Å². The van der Waals surface area contributed by atoms with Gasteiger partial charge in [0.15, 0.2) is 0 Å². The van der Waals surface area contributed by atoms with Gasteiger partial charge in [0, 0.05) is 32.0 Å². The Morgan fingerprint density at radius 1 is 1.12 bits per heavy atom. The minimum atomic E-state index is 0. The van der Waals surface area contributed by atoms with E-state index in [1.807, 2.05) is 0 Å². The fourth-order valence-electron chi connectivity index (χ4n) is 1.68. The van der Waals surface area contributed by atoms with Gasteiger partial charge in [0.25, 0.3) is 0 Å². The second-order valence-electron chi connectivity index (χ2n) is 4.12. The van der Waals surface area contributed by atoms with Crippen LogP contribution in [-0.4, -0.2) is 57.1 Å². The van der Waals surface area contributed by atoms with E-state index in [0.29, 0.717) is 0 Å². The van der Waals surface area contributed by atoms with Gasteiger partial charge in [-0.3, -0.25) is 5.92 Å². The first-order chi connectivity index (χ1) is 6.29. The first-order valence-corrected chi connectivity index (χ1v) is 5.36. The van der Waals surface area contributed by atoms with Crippen molar-refractivity contribution in [2.45, 2.75) is 32.6 Å². The molecule has 0 bridgehead atoms. The smallest absolute Gasteiger partial charge is 0.0442 e. The number of rotatable bonds is 0. The van der Waals surface area contributed by atoms with Crippen molar-refractivity contribution in [2.75, 3.05) is 33.4 Å². The maximum absolute atomic E-state index is 5.56. The van der Waals surface area contributed by atoms with E-state index in [4.69, 9.17) is 4.74 Å². The van der Waals surface area contributed by atoms with Gasteiger partial charge in [-0.05, 0) is 26.4 Å². The Kier molecular flexibility index (Phi) is 16.4. The zero-order valence-electron chi connectivity index (χ0n) is 11.3. The van der Waals surface area contributed by atoms with E-state index in [1.54, 1.807) is 0 Å². The standard InChI is InChI=1S/C11H22NO.CH3.Li.Lr/c1-11-6-3-4-7-12(2)8-5-9-13-10-11;;;/h3-10H2,1-2H3;1H3;;/q2*-1;;. The zero-order chi connectivity index (χ0) is 9.52. The van der Waals surface area contributed by atoms with Crippen LogP contribution in [0, 0.1) is 13.3 Å². The summed E-state index contributed by atoms with van der Waals surface area (Å²) in [5.74, 6) is 1.50. The van der Waals surface area contributed by atoms with Crippen LogP contribution in [0.4, 0.5) is 0 Å². The van der Waals surface area contributed by atoms with Crippen LogP contribution in [0.15, 0.2) is 0 Å². The fourth-order valence-corrected chi connectivity index (χ4v) is 1.68. The van der Waals surface area contributed by atoms with Gasteiger partial charge in [-0.2, -0.15) is 13.3 Å². The molecule has 4 heteroatoms. The molecule has 0 saturated carbocycles.